The van der Waals surface area contributed by atoms with Crippen LogP contribution in [-0.4, -0.2) is 16.1 Å². The fraction of sp³-hybridized carbons (Fsp3) is 0.824. The second kappa shape index (κ2) is 9.17. The summed E-state index contributed by atoms with van der Waals surface area (Å²) in [7, 11) is 0. The number of nitrogens with zero attached hydrogens (tertiary/aromatic N) is 2. The van der Waals surface area contributed by atoms with Crippen molar-refractivity contribution in [2.24, 2.45) is 0 Å². The number of imidazole rings is 1. The first-order valence-corrected chi connectivity index (χ1v) is 8.65. The number of unbranched alkanes of at least 4 members (excludes halogenated alkanes) is 7. The molecular weight excluding hydrogens is 246 g/mol. The normalized spacial score (nSPS) is 18.8. The molecule has 1 aromatic heterocycles. The van der Waals surface area contributed by atoms with E-state index in [0.717, 1.165) is 13.1 Å². The highest BCUT2D eigenvalue weighted by Gasteiger charge is 2.19. The molecule has 0 amide bonds. The molecule has 2 rings (SSSR count). The van der Waals surface area contributed by atoms with Crippen LogP contribution in [0.15, 0.2) is 12.5 Å². The van der Waals surface area contributed by atoms with Crippen LogP contribution in [0.4, 0.5) is 0 Å². The van der Waals surface area contributed by atoms with Crippen molar-refractivity contribution in [1.82, 2.24) is 14.9 Å². The number of rotatable bonds is 10. The number of hydrogen-bond acceptors (Lipinski definition) is 2. The van der Waals surface area contributed by atoms with E-state index >= 15 is 0 Å². The molecule has 1 unspecified atom stereocenters. The molecule has 3 heteroatoms. The monoisotopic (exact) mass is 277 g/mol. The predicted molar refractivity (Wildman–Crippen MR) is 84.8 cm³/mol. The molecule has 1 N–H and O–H groups in total. The van der Waals surface area contributed by atoms with E-state index in [1.807, 2.05) is 12.5 Å². The van der Waals surface area contributed by atoms with Crippen LogP contribution >= 0.6 is 0 Å². The molecule has 2 heterocycles. The van der Waals surface area contributed by atoms with Gasteiger partial charge in [0.05, 0.1) is 12.0 Å². The minimum atomic E-state index is 0.548. The summed E-state index contributed by atoms with van der Waals surface area (Å²) in [6.07, 6.45) is 17.7. The first-order chi connectivity index (χ1) is 9.92. The minimum absolute atomic E-state index is 0.548. The highest BCUT2D eigenvalue weighted by atomic mass is 15.1. The fourth-order valence-electron chi connectivity index (χ4n) is 3.16. The van der Waals surface area contributed by atoms with E-state index in [2.05, 4.69) is 21.8 Å². The Morgan fingerprint density at radius 2 is 1.90 bits per heavy atom. The third kappa shape index (κ3) is 4.93. The average Bonchev–Trinajstić information content (AvgIpc) is 3.11. The van der Waals surface area contributed by atoms with Crippen LogP contribution in [0.5, 0.6) is 0 Å². The summed E-state index contributed by atoms with van der Waals surface area (Å²) < 4.78 is 2.36. The fourth-order valence-corrected chi connectivity index (χ4v) is 3.16. The van der Waals surface area contributed by atoms with E-state index in [1.54, 1.807) is 0 Å². The lowest BCUT2D eigenvalue weighted by atomic mass is 10.1. The lowest BCUT2D eigenvalue weighted by molar-refractivity contribution is 0.515. The van der Waals surface area contributed by atoms with Crippen LogP contribution < -0.4 is 5.32 Å². The van der Waals surface area contributed by atoms with E-state index in [0.29, 0.717) is 6.04 Å². The van der Waals surface area contributed by atoms with Gasteiger partial charge in [0.15, 0.2) is 0 Å². The topological polar surface area (TPSA) is 29.9 Å². The van der Waals surface area contributed by atoms with Gasteiger partial charge in [-0.2, -0.15) is 0 Å². The van der Waals surface area contributed by atoms with Gasteiger partial charge >= 0.3 is 0 Å². The summed E-state index contributed by atoms with van der Waals surface area (Å²) in [6, 6.07) is 0.548. The van der Waals surface area contributed by atoms with Crippen molar-refractivity contribution in [3.05, 3.63) is 18.2 Å². The summed E-state index contributed by atoms with van der Waals surface area (Å²) in [4.78, 5) is 4.34. The average molecular weight is 277 g/mol. The van der Waals surface area contributed by atoms with Crippen LogP contribution in [0, 0.1) is 0 Å². The number of aromatic nitrogens is 2. The van der Waals surface area contributed by atoms with Gasteiger partial charge < -0.3 is 9.88 Å². The van der Waals surface area contributed by atoms with Gasteiger partial charge in [0, 0.05) is 18.8 Å². The van der Waals surface area contributed by atoms with Crippen molar-refractivity contribution in [2.45, 2.75) is 83.7 Å². The molecule has 1 fully saturated rings. The Bertz CT molecular complexity index is 353. The minimum Gasteiger partial charge on any atom is -0.333 e. The van der Waals surface area contributed by atoms with Crippen LogP contribution in [0.25, 0.3) is 0 Å². The van der Waals surface area contributed by atoms with Gasteiger partial charge in [-0.1, -0.05) is 51.9 Å². The Morgan fingerprint density at radius 3 is 2.60 bits per heavy atom. The third-order valence-corrected chi connectivity index (χ3v) is 4.41. The number of aryl methyl sites for hydroxylation is 1. The van der Waals surface area contributed by atoms with Gasteiger partial charge in [-0.3, -0.25) is 0 Å². The predicted octanol–water partition coefficient (Wildman–Crippen LogP) is 4.45. The summed E-state index contributed by atoms with van der Waals surface area (Å²) >= 11 is 0. The first kappa shape index (κ1) is 15.6. The van der Waals surface area contributed by atoms with E-state index in [9.17, 15) is 0 Å². The molecule has 20 heavy (non-hydrogen) atoms. The van der Waals surface area contributed by atoms with Gasteiger partial charge in [0.1, 0.15) is 0 Å². The quantitative estimate of drug-likeness (QED) is 0.640. The van der Waals surface area contributed by atoms with Crippen molar-refractivity contribution in [3.8, 4) is 0 Å². The van der Waals surface area contributed by atoms with E-state index in [-0.39, 0.29) is 0 Å². The van der Waals surface area contributed by atoms with E-state index in [4.69, 9.17) is 0 Å². The van der Waals surface area contributed by atoms with Gasteiger partial charge in [0.25, 0.3) is 0 Å². The lowest BCUT2D eigenvalue weighted by Crippen LogP contribution is -2.16. The molecule has 0 aromatic carbocycles. The van der Waals surface area contributed by atoms with Crippen LogP contribution in [-0.2, 0) is 6.54 Å². The number of hydrogen-bond donors (Lipinski definition) is 1. The molecule has 0 bridgehead atoms. The maximum Gasteiger partial charge on any atom is 0.0948 e. The third-order valence-electron chi connectivity index (χ3n) is 4.41. The van der Waals surface area contributed by atoms with Crippen molar-refractivity contribution in [3.63, 3.8) is 0 Å². The molecule has 0 radical (unpaired) electrons. The Kier molecular flexibility index (Phi) is 7.13. The largest absolute Gasteiger partial charge is 0.333 e. The zero-order valence-corrected chi connectivity index (χ0v) is 13.1. The summed E-state index contributed by atoms with van der Waals surface area (Å²) in [5.41, 5.74) is 1.39. The molecule has 0 spiro atoms. The van der Waals surface area contributed by atoms with E-state index < -0.39 is 0 Å². The zero-order chi connectivity index (χ0) is 14.0. The molecule has 1 atom stereocenters. The summed E-state index contributed by atoms with van der Waals surface area (Å²) in [5.74, 6) is 0. The maximum absolute atomic E-state index is 4.34. The summed E-state index contributed by atoms with van der Waals surface area (Å²) in [5, 5.41) is 3.57. The molecule has 1 aliphatic rings. The molecule has 1 saturated heterocycles. The van der Waals surface area contributed by atoms with Crippen molar-refractivity contribution in [2.75, 3.05) is 6.54 Å². The van der Waals surface area contributed by atoms with Gasteiger partial charge in [-0.05, 0) is 25.8 Å². The molecular formula is C17H31N3. The maximum atomic E-state index is 4.34. The first-order valence-electron chi connectivity index (χ1n) is 8.65. The lowest BCUT2D eigenvalue weighted by Gasteiger charge is -2.13. The molecule has 0 saturated carbocycles. The highest BCUT2D eigenvalue weighted by molar-refractivity contribution is 5.07. The molecule has 3 nitrogen and oxygen atoms in total. The van der Waals surface area contributed by atoms with Crippen molar-refractivity contribution >= 4 is 0 Å². The molecule has 0 aliphatic carbocycles. The van der Waals surface area contributed by atoms with Gasteiger partial charge in [-0.15, -0.1) is 0 Å². The smallest absolute Gasteiger partial charge is 0.0948 e. The SMILES string of the molecule is CCCCCCCCCCn1cncc1C1CCCN1. The van der Waals surface area contributed by atoms with Crippen molar-refractivity contribution < 1.29 is 0 Å². The highest BCUT2D eigenvalue weighted by Crippen LogP contribution is 2.23. The molecule has 114 valence electrons. The Balaban J connectivity index is 1.59. The summed E-state index contributed by atoms with van der Waals surface area (Å²) in [6.45, 7) is 4.58. The Morgan fingerprint density at radius 1 is 1.15 bits per heavy atom. The van der Waals surface area contributed by atoms with Gasteiger partial charge in [-0.25, -0.2) is 4.98 Å². The Hall–Kier alpha value is -0.830. The zero-order valence-electron chi connectivity index (χ0n) is 13.1. The standard InChI is InChI=1S/C17H31N3/c1-2-3-4-5-6-7-8-9-13-20-15-18-14-17(20)16-11-10-12-19-16/h14-16,19H,2-13H2,1H3. The molecule has 1 aliphatic heterocycles. The van der Waals surface area contributed by atoms with Crippen LogP contribution in [0.1, 0.15) is 82.9 Å². The second-order valence-corrected chi connectivity index (χ2v) is 6.14. The Labute approximate surface area is 124 Å². The second-order valence-electron chi connectivity index (χ2n) is 6.14. The van der Waals surface area contributed by atoms with Gasteiger partial charge in [0.2, 0.25) is 0 Å². The van der Waals surface area contributed by atoms with Crippen LogP contribution in [0.3, 0.4) is 0 Å². The van der Waals surface area contributed by atoms with Crippen molar-refractivity contribution in [1.29, 1.82) is 0 Å². The van der Waals surface area contributed by atoms with Crippen LogP contribution in [0.2, 0.25) is 0 Å². The number of nitrogens with one attached hydrogen (secondary N) is 1. The molecule has 1 aromatic rings. The van der Waals surface area contributed by atoms with E-state index in [1.165, 1.54) is 69.9 Å².